The van der Waals surface area contributed by atoms with Gasteiger partial charge in [0, 0.05) is 5.92 Å². The van der Waals surface area contributed by atoms with Gasteiger partial charge in [-0.2, -0.15) is 0 Å². The first kappa shape index (κ1) is 9.32. The second-order valence-electron chi connectivity index (χ2n) is 4.14. The largest absolute Gasteiger partial charge is 0.508 e. The standard InChI is InChI=1S/C13H16O/c1-10-2-4-11(5-3-10)12-6-8-13(14)9-7-12/h2,4,6-11,14H,3,5H2,1H3. The highest BCUT2D eigenvalue weighted by Gasteiger charge is 2.13. The Labute approximate surface area is 85.1 Å². The van der Waals surface area contributed by atoms with Crippen LogP contribution in [0.2, 0.25) is 0 Å². The minimum absolute atomic E-state index is 0.349. The van der Waals surface area contributed by atoms with Crippen molar-refractivity contribution in [2.45, 2.75) is 25.7 Å². The summed E-state index contributed by atoms with van der Waals surface area (Å²) in [4.78, 5) is 0. The molecule has 0 amide bonds. The molecule has 1 N–H and O–H groups in total. The van der Waals surface area contributed by atoms with Crippen molar-refractivity contribution < 1.29 is 5.11 Å². The van der Waals surface area contributed by atoms with Crippen LogP contribution in [-0.2, 0) is 0 Å². The molecule has 2 rings (SSSR count). The van der Waals surface area contributed by atoms with Crippen molar-refractivity contribution in [2.75, 3.05) is 0 Å². The summed E-state index contributed by atoms with van der Waals surface area (Å²) in [5.41, 5.74) is 1.31. The molecule has 1 aliphatic rings. The van der Waals surface area contributed by atoms with Gasteiger partial charge in [-0.05, 0) is 36.5 Å². The van der Waals surface area contributed by atoms with Crippen molar-refractivity contribution >= 4 is 0 Å². The van der Waals surface area contributed by atoms with E-state index in [1.54, 1.807) is 12.1 Å². The van der Waals surface area contributed by atoms with Gasteiger partial charge in [0.25, 0.3) is 0 Å². The summed E-state index contributed by atoms with van der Waals surface area (Å²) in [5, 5.41) is 9.18. The van der Waals surface area contributed by atoms with Crippen molar-refractivity contribution in [3.63, 3.8) is 0 Å². The third-order valence-corrected chi connectivity index (χ3v) is 2.93. The third-order valence-electron chi connectivity index (χ3n) is 2.93. The summed E-state index contributed by atoms with van der Waals surface area (Å²) in [6.45, 7) is 2.25. The molecule has 0 heterocycles. The maximum absolute atomic E-state index is 9.18. The minimum Gasteiger partial charge on any atom is -0.508 e. The van der Waals surface area contributed by atoms with Crippen molar-refractivity contribution in [1.29, 1.82) is 0 Å². The first-order valence-corrected chi connectivity index (χ1v) is 5.23. The van der Waals surface area contributed by atoms with Gasteiger partial charge in [-0.3, -0.25) is 0 Å². The Kier molecular flexibility index (Phi) is 2.58. The number of hydrogen-bond donors (Lipinski definition) is 1. The summed E-state index contributed by atoms with van der Waals surface area (Å²) < 4.78 is 0. The fourth-order valence-corrected chi connectivity index (χ4v) is 1.96. The van der Waals surface area contributed by atoms with Gasteiger partial charge in [0.2, 0.25) is 0 Å². The minimum atomic E-state index is 0.349. The molecule has 0 radical (unpaired) electrons. The molecule has 0 saturated heterocycles. The number of benzene rings is 1. The average Bonchev–Trinajstić information content (AvgIpc) is 2.21. The van der Waals surface area contributed by atoms with Crippen LogP contribution in [0.4, 0.5) is 0 Å². The zero-order valence-electron chi connectivity index (χ0n) is 8.48. The van der Waals surface area contributed by atoms with Crippen LogP contribution in [0, 0.1) is 5.92 Å². The summed E-state index contributed by atoms with van der Waals surface area (Å²) >= 11 is 0. The van der Waals surface area contributed by atoms with Crippen LogP contribution < -0.4 is 0 Å². The summed E-state index contributed by atoms with van der Waals surface area (Å²) in [5.74, 6) is 1.62. The number of aromatic hydroxyl groups is 1. The van der Waals surface area contributed by atoms with Gasteiger partial charge in [-0.15, -0.1) is 0 Å². The van der Waals surface area contributed by atoms with Gasteiger partial charge < -0.3 is 5.11 Å². The van der Waals surface area contributed by atoms with Crippen molar-refractivity contribution in [1.82, 2.24) is 0 Å². The quantitative estimate of drug-likeness (QED) is 0.669. The average molecular weight is 188 g/mol. The lowest BCUT2D eigenvalue weighted by molar-refractivity contribution is 0.474. The summed E-state index contributed by atoms with van der Waals surface area (Å²) in [6.07, 6.45) is 7.08. The molecule has 1 aromatic rings. The zero-order valence-corrected chi connectivity index (χ0v) is 8.48. The van der Waals surface area contributed by atoms with E-state index >= 15 is 0 Å². The number of rotatable bonds is 1. The van der Waals surface area contributed by atoms with Crippen LogP contribution in [0.5, 0.6) is 5.75 Å². The van der Waals surface area contributed by atoms with Gasteiger partial charge in [0.15, 0.2) is 0 Å². The summed E-state index contributed by atoms with van der Waals surface area (Å²) in [6, 6.07) is 7.56. The van der Waals surface area contributed by atoms with E-state index in [9.17, 15) is 5.11 Å². The van der Waals surface area contributed by atoms with Gasteiger partial charge in [-0.1, -0.05) is 31.2 Å². The van der Waals surface area contributed by atoms with E-state index in [-0.39, 0.29) is 0 Å². The predicted octanol–water partition coefficient (Wildman–Crippen LogP) is 3.46. The molecule has 1 aliphatic carbocycles. The molecule has 1 aromatic carbocycles. The van der Waals surface area contributed by atoms with Crippen LogP contribution in [-0.4, -0.2) is 5.11 Å². The molecule has 0 aromatic heterocycles. The Balaban J connectivity index is 2.16. The first-order chi connectivity index (χ1) is 6.75. The number of phenols is 1. The molecule has 0 saturated carbocycles. The number of phenolic OH excluding ortho intramolecular Hbond substituents is 1. The molecule has 74 valence electrons. The van der Waals surface area contributed by atoms with Crippen molar-refractivity contribution in [3.8, 4) is 5.75 Å². The third kappa shape index (κ3) is 1.98. The second kappa shape index (κ2) is 3.87. The van der Waals surface area contributed by atoms with Gasteiger partial charge in [0.05, 0.1) is 0 Å². The molecule has 2 unspecified atom stereocenters. The Morgan fingerprint density at radius 3 is 2.36 bits per heavy atom. The molecular weight excluding hydrogens is 172 g/mol. The van der Waals surface area contributed by atoms with E-state index in [4.69, 9.17) is 0 Å². The van der Waals surface area contributed by atoms with Gasteiger partial charge in [0.1, 0.15) is 5.75 Å². The zero-order chi connectivity index (χ0) is 9.97. The normalized spacial score (nSPS) is 26.4. The predicted molar refractivity (Wildman–Crippen MR) is 58.4 cm³/mol. The van der Waals surface area contributed by atoms with Crippen LogP contribution in [0.25, 0.3) is 0 Å². The van der Waals surface area contributed by atoms with E-state index in [0.717, 1.165) is 5.92 Å². The fourth-order valence-electron chi connectivity index (χ4n) is 1.96. The molecular formula is C13H16O. The topological polar surface area (TPSA) is 20.2 Å². The van der Waals surface area contributed by atoms with E-state index in [2.05, 4.69) is 19.1 Å². The highest BCUT2D eigenvalue weighted by atomic mass is 16.3. The SMILES string of the molecule is CC1C=CC(c2ccc(O)cc2)CC1. The van der Waals surface area contributed by atoms with Crippen LogP contribution >= 0.6 is 0 Å². The lowest BCUT2D eigenvalue weighted by atomic mass is 9.85. The Morgan fingerprint density at radius 2 is 1.79 bits per heavy atom. The van der Waals surface area contributed by atoms with Gasteiger partial charge >= 0.3 is 0 Å². The van der Waals surface area contributed by atoms with Crippen molar-refractivity contribution in [2.24, 2.45) is 5.92 Å². The monoisotopic (exact) mass is 188 g/mol. The Bertz CT molecular complexity index is 324. The lowest BCUT2D eigenvalue weighted by Gasteiger charge is -2.20. The molecule has 1 nitrogen and oxygen atoms in total. The maximum atomic E-state index is 9.18. The fraction of sp³-hybridized carbons (Fsp3) is 0.385. The highest BCUT2D eigenvalue weighted by molar-refractivity contribution is 5.31. The Hall–Kier alpha value is -1.24. The molecule has 1 heteroatoms. The van der Waals surface area contributed by atoms with Gasteiger partial charge in [-0.25, -0.2) is 0 Å². The molecule has 0 bridgehead atoms. The van der Waals surface area contributed by atoms with E-state index in [1.165, 1.54) is 18.4 Å². The van der Waals surface area contributed by atoms with Crippen LogP contribution in [0.15, 0.2) is 36.4 Å². The van der Waals surface area contributed by atoms with Crippen LogP contribution in [0.1, 0.15) is 31.2 Å². The smallest absolute Gasteiger partial charge is 0.115 e. The highest BCUT2D eigenvalue weighted by Crippen LogP contribution is 2.30. The van der Waals surface area contributed by atoms with E-state index in [0.29, 0.717) is 11.7 Å². The first-order valence-electron chi connectivity index (χ1n) is 5.23. The van der Waals surface area contributed by atoms with Crippen molar-refractivity contribution in [3.05, 3.63) is 42.0 Å². The molecule has 0 aliphatic heterocycles. The number of hydrogen-bond acceptors (Lipinski definition) is 1. The van der Waals surface area contributed by atoms with E-state index < -0.39 is 0 Å². The molecule has 0 spiro atoms. The van der Waals surface area contributed by atoms with E-state index in [1.807, 2.05) is 12.1 Å². The van der Waals surface area contributed by atoms with Crippen LogP contribution in [0.3, 0.4) is 0 Å². The molecule has 0 fully saturated rings. The molecule has 14 heavy (non-hydrogen) atoms. The maximum Gasteiger partial charge on any atom is 0.115 e. The Morgan fingerprint density at radius 1 is 1.07 bits per heavy atom. The molecule has 2 atom stereocenters. The summed E-state index contributed by atoms with van der Waals surface area (Å²) in [7, 11) is 0. The lowest BCUT2D eigenvalue weighted by Crippen LogP contribution is -2.04. The number of allylic oxidation sites excluding steroid dienone is 2. The second-order valence-corrected chi connectivity index (χ2v) is 4.14.